The Hall–Kier alpha value is -2.20. The van der Waals surface area contributed by atoms with Crippen molar-refractivity contribution in [3.63, 3.8) is 0 Å². The van der Waals surface area contributed by atoms with E-state index in [0.29, 0.717) is 62.4 Å². The second-order valence-electron chi connectivity index (χ2n) is 21.2. The molecule has 3 unspecified atom stereocenters. The molecular formula is C49H106N16O9S4. The number of amides is 5. The van der Waals surface area contributed by atoms with Crippen LogP contribution in [0.1, 0.15) is 110 Å². The Balaban J connectivity index is 0.000000435. The van der Waals surface area contributed by atoms with E-state index in [9.17, 15) is 36.0 Å². The van der Waals surface area contributed by atoms with Gasteiger partial charge >= 0.3 is 6.03 Å². The number of thioether (sulfide) groups is 2. The molecule has 10 heterocycles. The third-order valence-electron chi connectivity index (χ3n) is 13.7. The van der Waals surface area contributed by atoms with Gasteiger partial charge in [-0.25, -0.2) is 21.6 Å². The Morgan fingerprint density at radius 2 is 0.962 bits per heavy atom. The van der Waals surface area contributed by atoms with Crippen LogP contribution in [0, 0.1) is 0 Å². The number of carbonyl (C=O) groups is 4. The molecule has 0 spiro atoms. The lowest BCUT2D eigenvalue weighted by atomic mass is 10.1. The fraction of sp³-hybridized carbons (Fsp3) is 0.918. The molecule has 10 saturated heterocycles. The van der Waals surface area contributed by atoms with Crippen LogP contribution >= 0.6 is 23.5 Å². The predicted octanol–water partition coefficient (Wildman–Crippen LogP) is -3.12. The summed E-state index contributed by atoms with van der Waals surface area (Å²) in [5, 5.41) is 8.45. The van der Waals surface area contributed by atoms with Gasteiger partial charge in [0.25, 0.3) is 0 Å². The first kappa shape index (κ1) is 73.8. The van der Waals surface area contributed by atoms with Crippen LogP contribution in [0.25, 0.3) is 0 Å². The first-order valence-corrected chi connectivity index (χ1v) is 34.0. The van der Waals surface area contributed by atoms with Crippen LogP contribution in [0.4, 0.5) is 4.79 Å². The van der Waals surface area contributed by atoms with E-state index in [4.69, 9.17) is 67.8 Å². The maximum Gasteiger partial charge on any atom is 0.314 e. The summed E-state index contributed by atoms with van der Waals surface area (Å²) in [6.07, 6.45) is 15.0. The molecule has 0 radical (unpaired) electrons. The van der Waals surface area contributed by atoms with E-state index in [2.05, 4.69) is 16.0 Å². The highest BCUT2D eigenvalue weighted by Crippen LogP contribution is 2.16. The Kier molecular flexibility index (Phi) is 40.3. The van der Waals surface area contributed by atoms with Gasteiger partial charge < -0.3 is 93.6 Å². The number of nitrogens with two attached hydrogens (primary N) is 11. The molecule has 10 aliphatic rings. The summed E-state index contributed by atoms with van der Waals surface area (Å²) in [4.78, 5) is 45.4. The molecule has 4 atom stereocenters. The number of primary amides is 1. The zero-order valence-electron chi connectivity index (χ0n) is 46.9. The summed E-state index contributed by atoms with van der Waals surface area (Å²) >= 11 is 3.98. The van der Waals surface area contributed by atoms with Crippen molar-refractivity contribution in [2.45, 2.75) is 170 Å². The Morgan fingerprint density at radius 3 is 1.21 bits per heavy atom. The van der Waals surface area contributed by atoms with Crippen molar-refractivity contribution < 1.29 is 40.8 Å². The van der Waals surface area contributed by atoms with Gasteiger partial charge in [-0.05, 0) is 127 Å². The van der Waals surface area contributed by atoms with E-state index in [1.807, 2.05) is 28.4 Å². The number of nitrogens with zero attached hydrogens (tertiary/aromatic N) is 2. The van der Waals surface area contributed by atoms with Crippen LogP contribution < -0.4 is 79.0 Å². The number of sulfone groups is 2. The largest absolute Gasteiger partial charge is 0.381 e. The van der Waals surface area contributed by atoms with Gasteiger partial charge in [0.2, 0.25) is 17.7 Å². The maximum atomic E-state index is 10.8. The van der Waals surface area contributed by atoms with Crippen LogP contribution in [-0.2, 0) is 38.8 Å². The van der Waals surface area contributed by atoms with Crippen LogP contribution in [0.5, 0.6) is 0 Å². The van der Waals surface area contributed by atoms with E-state index in [1.165, 1.54) is 42.3 Å². The number of piperidine rings is 3. The number of likely N-dealkylation sites (tertiary alicyclic amines) is 2. The molecule has 0 aromatic heterocycles. The summed E-state index contributed by atoms with van der Waals surface area (Å²) in [7, 11) is -5.42. The molecule has 10 aliphatic heterocycles. The summed E-state index contributed by atoms with van der Waals surface area (Å²) in [5.41, 5.74) is 60.1. The average molecular weight is 1190 g/mol. The summed E-state index contributed by atoms with van der Waals surface area (Å²) in [6.45, 7) is 10.1. The molecule has 0 bridgehead atoms. The zero-order valence-corrected chi connectivity index (χ0v) is 50.1. The molecule has 5 amide bonds. The lowest BCUT2D eigenvalue weighted by Gasteiger charge is -2.28. The molecule has 78 heavy (non-hydrogen) atoms. The van der Waals surface area contributed by atoms with Crippen molar-refractivity contribution in [1.82, 2.24) is 25.8 Å². The number of hydrogen-bond acceptors (Lipinski definition) is 22. The van der Waals surface area contributed by atoms with E-state index in [-0.39, 0.29) is 77.0 Å². The van der Waals surface area contributed by atoms with Gasteiger partial charge in [0, 0.05) is 126 Å². The molecule has 29 heteroatoms. The minimum Gasteiger partial charge on any atom is -0.381 e. The van der Waals surface area contributed by atoms with E-state index in [1.54, 1.807) is 11.8 Å². The summed E-state index contributed by atoms with van der Waals surface area (Å²) < 4.78 is 47.7. The van der Waals surface area contributed by atoms with Crippen LogP contribution in [0.15, 0.2) is 0 Å². The number of hydrogen-bond donors (Lipinski definition) is 14. The van der Waals surface area contributed by atoms with Crippen molar-refractivity contribution in [3.05, 3.63) is 0 Å². The monoisotopic (exact) mass is 1190 g/mol. The molecule has 0 aromatic rings. The maximum absolute atomic E-state index is 10.8. The first-order chi connectivity index (χ1) is 36.8. The van der Waals surface area contributed by atoms with Gasteiger partial charge in [-0.1, -0.05) is 0 Å². The Morgan fingerprint density at radius 1 is 0.513 bits per heavy atom. The highest BCUT2D eigenvalue weighted by molar-refractivity contribution is 7.99. The third-order valence-corrected chi connectivity index (χ3v) is 19.4. The van der Waals surface area contributed by atoms with Gasteiger partial charge in [0.05, 0.1) is 29.1 Å². The van der Waals surface area contributed by atoms with E-state index < -0.39 is 19.7 Å². The minimum absolute atomic E-state index is 0.0139. The number of nitrogens with one attached hydrogen (secondary N) is 3. The number of carbonyl (C=O) groups excluding carboxylic acids is 4. The lowest BCUT2D eigenvalue weighted by molar-refractivity contribution is -0.129. The summed E-state index contributed by atoms with van der Waals surface area (Å²) in [5.74, 6) is 6.30. The SMILES string of the molecule is CC(=O)N1CCC(N)CC1.NC(=O)N1CCC(N)CC1.NC1CCNCC1.NC1CCOCC1.NC1CCS(=O)(=O)C1.NC1CCS(=O)(=O)CC1.NC1CCSC1.NC1CCSCC1.NC1CNC(=O)C1.N[C@H]1CCNC1=O. The van der Waals surface area contributed by atoms with Gasteiger partial charge in [0.15, 0.2) is 9.84 Å². The van der Waals surface area contributed by atoms with Crippen molar-refractivity contribution in [3.8, 4) is 0 Å². The first-order valence-electron chi connectivity index (χ1n) is 28.0. The zero-order chi connectivity index (χ0) is 58.5. The van der Waals surface area contributed by atoms with Crippen molar-refractivity contribution >= 4 is 67.0 Å². The van der Waals surface area contributed by atoms with Gasteiger partial charge in [-0.2, -0.15) is 23.5 Å². The Labute approximate surface area is 475 Å². The van der Waals surface area contributed by atoms with Crippen molar-refractivity contribution in [2.75, 3.05) is 112 Å². The van der Waals surface area contributed by atoms with E-state index >= 15 is 0 Å². The van der Waals surface area contributed by atoms with Gasteiger partial charge in [-0.15, -0.1) is 0 Å². The van der Waals surface area contributed by atoms with E-state index in [0.717, 1.165) is 117 Å². The quantitative estimate of drug-likeness (QED) is 0.114. The highest BCUT2D eigenvalue weighted by atomic mass is 32.2. The molecule has 460 valence electrons. The Bertz CT molecular complexity index is 1750. The second kappa shape index (κ2) is 42.6. The minimum atomic E-state index is -2.72. The number of urea groups is 1. The second-order valence-corrected chi connectivity index (χ2v) is 28.1. The smallest absolute Gasteiger partial charge is 0.314 e. The number of ether oxygens (including phenoxy) is 1. The van der Waals surface area contributed by atoms with Gasteiger partial charge in [-0.3, -0.25) is 14.4 Å². The topological polar surface area (TPSA) is 475 Å². The molecule has 0 saturated carbocycles. The molecule has 10 rings (SSSR count). The lowest BCUT2D eigenvalue weighted by Crippen LogP contribution is -2.45. The van der Waals surface area contributed by atoms with Crippen LogP contribution in [0.2, 0.25) is 0 Å². The molecule has 0 aliphatic carbocycles. The molecule has 0 aromatic carbocycles. The molecule has 10 fully saturated rings. The molecule has 25 nitrogen and oxygen atoms in total. The van der Waals surface area contributed by atoms with Crippen LogP contribution in [-0.4, -0.2) is 222 Å². The summed E-state index contributed by atoms with van der Waals surface area (Å²) in [6, 6.07) is 2.00. The average Bonchev–Trinajstić information content (AvgIpc) is 4.21. The van der Waals surface area contributed by atoms with Crippen molar-refractivity contribution in [2.24, 2.45) is 63.1 Å². The normalized spacial score (nSPS) is 27.2. The predicted molar refractivity (Wildman–Crippen MR) is 319 cm³/mol. The standard InChI is InChI=1S/C7H14N2O.C6H13N3O.C5H12N2.C5H11NO2S.C5H11NO.C5H11NS.2C4H8N2O.C4H9NO2S.C4H9NS/c1-6(10)9-4-2-7(8)3-5-9;7-5-1-3-9(4-2-5)6(8)10;6-5-1-3-7-4-2-5;6-5-1-3-9(7,8)4-2-5;2*6-5-1-3-7-4-2-5;5-3-1-4(7)6-2-3;5-3-1-2-6-4(3)7;5-4-1-2-8(6,7)3-4;5-4-1-2-6-3-4/h7H,2-5,8H2,1H3;5H,1-4,7H2,(H2,8,10);5,7H,1-4,6H2;5H,1-4,6H2;2*5H,1-4,6H2;2*3H,1-2,5H2,(H,6,7);4H,1-3,5H2;4H,1-3,5H2/t;;;;;;;3-;;/m.......0../s1. The van der Waals surface area contributed by atoms with Crippen LogP contribution in [0.3, 0.4) is 0 Å². The number of rotatable bonds is 0. The van der Waals surface area contributed by atoms with Gasteiger partial charge in [0.1, 0.15) is 9.84 Å². The fourth-order valence-electron chi connectivity index (χ4n) is 8.14. The van der Waals surface area contributed by atoms with Crippen molar-refractivity contribution in [1.29, 1.82) is 0 Å². The third kappa shape index (κ3) is 40.1. The molecular weight excluding hydrogens is 1080 g/mol. The fourth-order valence-corrected chi connectivity index (χ4v) is 13.6. The highest BCUT2D eigenvalue weighted by Gasteiger charge is 2.25. The molecule has 25 N–H and O–H groups in total.